The van der Waals surface area contributed by atoms with Gasteiger partial charge in [0.1, 0.15) is 0 Å². The molecule has 1 saturated carbocycles. The Morgan fingerprint density at radius 2 is 1.60 bits per heavy atom. The molecule has 9 rings (SSSR count). The summed E-state index contributed by atoms with van der Waals surface area (Å²) >= 11 is 0. The largest absolute Gasteiger partial charge is 0.704 e. The van der Waals surface area contributed by atoms with Gasteiger partial charge in [0.25, 0.3) is 0 Å². The van der Waals surface area contributed by atoms with Crippen LogP contribution in [-0.4, -0.2) is 88.2 Å². The highest BCUT2D eigenvalue weighted by Gasteiger charge is 2.76. The van der Waals surface area contributed by atoms with Crippen molar-refractivity contribution < 1.29 is 18.6 Å². The smallest absolute Gasteiger partial charge is 0.343 e. The number of aliphatic imine (C=N–C) groups is 1. The molecule has 2 saturated heterocycles. The van der Waals surface area contributed by atoms with Crippen LogP contribution in [0.25, 0.3) is 11.1 Å². The van der Waals surface area contributed by atoms with E-state index in [1.54, 1.807) is 0 Å². The Labute approximate surface area is 317 Å². The lowest BCUT2D eigenvalue weighted by Gasteiger charge is -2.41. The van der Waals surface area contributed by atoms with Gasteiger partial charge >= 0.3 is 6.03 Å². The third-order valence-corrected chi connectivity index (χ3v) is 12.6. The van der Waals surface area contributed by atoms with Gasteiger partial charge in [-0.1, -0.05) is 92.7 Å². The van der Waals surface area contributed by atoms with Gasteiger partial charge in [-0.15, -0.1) is 0 Å². The lowest BCUT2D eigenvalue weighted by Crippen LogP contribution is -2.60. The fourth-order valence-electron chi connectivity index (χ4n) is 9.89. The first-order chi connectivity index (χ1) is 25.4. The van der Waals surface area contributed by atoms with Crippen molar-refractivity contribution in [3.63, 3.8) is 0 Å². The summed E-state index contributed by atoms with van der Waals surface area (Å²) in [5.74, 6) is 3.08. The molecule has 3 aromatic rings. The zero-order valence-electron chi connectivity index (χ0n) is 33.2. The third kappa shape index (κ3) is 5.88. The van der Waals surface area contributed by atoms with Crippen LogP contribution in [0.4, 0.5) is 0 Å². The third-order valence-electron chi connectivity index (χ3n) is 12.6. The minimum absolute atomic E-state index is 0.0263. The Morgan fingerprint density at radius 3 is 2.36 bits per heavy atom. The van der Waals surface area contributed by atoms with Crippen LogP contribution >= 0.6 is 0 Å². The van der Waals surface area contributed by atoms with Crippen LogP contribution in [0, 0.1) is 6.92 Å². The standard InChI is InChI=1S/C46H59N5O2/c1-31-14-10-15-33(26-31)41-32(16-11-22-48-24-13-25-49-23-12-21-47-43(48)49)19-20-40-36(41)30-51-39-18-9-8-17-38(39)50-29-34-27-35(44(2,3)4)28-37(45(5,6)7)42(34)53-46(50,51)52-40/h10,14-15,19-20,26-30,38-39H,8-9,11-13,16-18,21-25H2,1-7H3/q+2. The molecule has 0 bridgehead atoms. The number of nitrogens with zero attached hydrogens (tertiary/aromatic N) is 5. The number of benzene rings is 3. The predicted octanol–water partition coefficient (Wildman–Crippen LogP) is 8.24. The minimum atomic E-state index is -1.06. The summed E-state index contributed by atoms with van der Waals surface area (Å²) in [4.78, 5) is 10.0. The molecule has 6 aliphatic rings. The number of guanidine groups is 1. The van der Waals surface area contributed by atoms with E-state index in [2.05, 4.69) is 128 Å². The molecule has 1 aliphatic carbocycles. The Balaban J connectivity index is 1.14. The van der Waals surface area contributed by atoms with E-state index in [4.69, 9.17) is 14.5 Å². The normalized spacial score (nSPS) is 24.6. The molecule has 3 fully saturated rings. The number of rotatable bonds is 5. The maximum Gasteiger partial charge on any atom is 0.704 e. The molecule has 0 amide bonds. The van der Waals surface area contributed by atoms with Crippen molar-refractivity contribution in [2.45, 2.75) is 129 Å². The van der Waals surface area contributed by atoms with Gasteiger partial charge in [0.2, 0.25) is 12.1 Å². The molecule has 3 aromatic carbocycles. The highest BCUT2D eigenvalue weighted by Crippen LogP contribution is 2.49. The number of aryl methyl sites for hydroxylation is 2. The SMILES string of the molecule is Cc1cccc(-c2c(CCCN3CCCN4CCCN=C43)ccc3c2C=[N+]2C4CCCCC4[N+]4=Cc5cc(C(C)(C)C)cc(C(C)(C)C)c5OC42O3)c1. The number of fused-ring (bicyclic) bond motifs is 6. The van der Waals surface area contributed by atoms with Gasteiger partial charge in [0.05, 0.1) is 11.1 Å². The van der Waals surface area contributed by atoms with E-state index in [1.807, 2.05) is 0 Å². The summed E-state index contributed by atoms with van der Waals surface area (Å²) in [6.45, 7) is 21.4. The maximum atomic E-state index is 7.44. The van der Waals surface area contributed by atoms with Gasteiger partial charge < -0.3 is 19.3 Å². The van der Waals surface area contributed by atoms with Crippen LogP contribution in [0.15, 0.2) is 53.5 Å². The zero-order valence-corrected chi connectivity index (χ0v) is 33.2. The van der Waals surface area contributed by atoms with E-state index in [1.165, 1.54) is 76.2 Å². The van der Waals surface area contributed by atoms with Crippen LogP contribution < -0.4 is 9.47 Å². The van der Waals surface area contributed by atoms with Gasteiger partial charge in [-0.2, -0.15) is 0 Å². The second-order valence-corrected chi connectivity index (χ2v) is 18.5. The topological polar surface area (TPSA) is 43.3 Å². The molecular formula is C46H59N5O2+2. The molecule has 0 N–H and O–H groups in total. The van der Waals surface area contributed by atoms with Crippen LogP contribution in [0.1, 0.15) is 120 Å². The van der Waals surface area contributed by atoms with E-state index in [9.17, 15) is 0 Å². The first-order valence-electron chi connectivity index (χ1n) is 20.5. The summed E-state index contributed by atoms with van der Waals surface area (Å²) < 4.78 is 19.8. The Bertz CT molecular complexity index is 2050. The van der Waals surface area contributed by atoms with Crippen molar-refractivity contribution in [1.29, 1.82) is 0 Å². The van der Waals surface area contributed by atoms with Crippen molar-refractivity contribution >= 4 is 18.4 Å². The lowest BCUT2D eigenvalue weighted by molar-refractivity contribution is -0.866. The highest BCUT2D eigenvalue weighted by molar-refractivity contribution is 5.94. The molecule has 0 radical (unpaired) electrons. The van der Waals surface area contributed by atoms with Crippen molar-refractivity contribution in [3.05, 3.63) is 81.9 Å². The van der Waals surface area contributed by atoms with E-state index in [0.29, 0.717) is 12.1 Å². The van der Waals surface area contributed by atoms with E-state index in [0.717, 1.165) is 69.9 Å². The molecule has 7 nitrogen and oxygen atoms in total. The van der Waals surface area contributed by atoms with Crippen LogP contribution in [0.3, 0.4) is 0 Å². The molecule has 53 heavy (non-hydrogen) atoms. The maximum absolute atomic E-state index is 7.44. The van der Waals surface area contributed by atoms with Crippen molar-refractivity contribution in [3.8, 4) is 22.6 Å². The van der Waals surface area contributed by atoms with Gasteiger partial charge in [-0.3, -0.25) is 4.99 Å². The number of ether oxygens (including phenoxy) is 2. The minimum Gasteiger partial charge on any atom is -0.343 e. The summed E-state index contributed by atoms with van der Waals surface area (Å²) in [5.41, 5.74) is 10.1. The summed E-state index contributed by atoms with van der Waals surface area (Å²) in [7, 11) is 0. The summed E-state index contributed by atoms with van der Waals surface area (Å²) in [5, 5.41) is 0. The molecule has 3 atom stereocenters. The van der Waals surface area contributed by atoms with Gasteiger partial charge in [-0.05, 0) is 85.1 Å². The second kappa shape index (κ2) is 12.7. The second-order valence-electron chi connectivity index (χ2n) is 18.5. The Kier molecular flexibility index (Phi) is 8.32. The molecule has 1 spiro atoms. The number of hydrogen-bond donors (Lipinski definition) is 0. The highest BCUT2D eigenvalue weighted by atomic mass is 16.7. The average Bonchev–Trinajstić information content (AvgIpc) is 3.40. The predicted molar refractivity (Wildman–Crippen MR) is 214 cm³/mol. The molecule has 3 unspecified atom stereocenters. The van der Waals surface area contributed by atoms with Gasteiger partial charge in [-0.25, -0.2) is 0 Å². The molecule has 5 aliphatic heterocycles. The quantitative estimate of drug-likeness (QED) is 0.250. The van der Waals surface area contributed by atoms with Crippen molar-refractivity contribution in [2.24, 2.45) is 4.99 Å². The molecule has 7 heteroatoms. The van der Waals surface area contributed by atoms with Gasteiger partial charge in [0.15, 0.2) is 29.9 Å². The Hall–Kier alpha value is -4.13. The van der Waals surface area contributed by atoms with Crippen LogP contribution in [0.2, 0.25) is 0 Å². The van der Waals surface area contributed by atoms with Crippen molar-refractivity contribution in [2.75, 3.05) is 32.7 Å². The first-order valence-corrected chi connectivity index (χ1v) is 20.5. The summed E-state index contributed by atoms with van der Waals surface area (Å²) in [6, 6.07) is 17.9. The van der Waals surface area contributed by atoms with Crippen LogP contribution in [-0.2, 0) is 17.3 Å². The van der Waals surface area contributed by atoms with E-state index >= 15 is 0 Å². The molecule has 5 heterocycles. The fraction of sp³-hybridized carbons (Fsp3) is 0.543. The van der Waals surface area contributed by atoms with E-state index in [-0.39, 0.29) is 10.8 Å². The van der Waals surface area contributed by atoms with Crippen LogP contribution in [0.5, 0.6) is 11.5 Å². The first kappa shape index (κ1) is 34.6. The summed E-state index contributed by atoms with van der Waals surface area (Å²) in [6.07, 6.45) is 14.0. The fourth-order valence-corrected chi connectivity index (χ4v) is 9.89. The zero-order chi connectivity index (χ0) is 36.7. The monoisotopic (exact) mass is 713 g/mol. The lowest BCUT2D eigenvalue weighted by atomic mass is 9.79. The molecular weight excluding hydrogens is 655 g/mol. The van der Waals surface area contributed by atoms with Crippen molar-refractivity contribution in [1.82, 2.24) is 9.80 Å². The van der Waals surface area contributed by atoms with E-state index < -0.39 is 6.03 Å². The van der Waals surface area contributed by atoms with Gasteiger partial charge in [0, 0.05) is 56.7 Å². The Morgan fingerprint density at radius 1 is 0.830 bits per heavy atom. The molecule has 0 aromatic heterocycles. The molecule has 278 valence electrons. The number of hydrogen-bond acceptors (Lipinski definition) is 5. The average molecular weight is 714 g/mol.